The molecule has 0 atom stereocenters. The molecule has 1 aliphatic rings. The largest absolute Gasteiger partial charge is 0.490 e. The van der Waals surface area contributed by atoms with Gasteiger partial charge in [0.25, 0.3) is 0 Å². The van der Waals surface area contributed by atoms with Gasteiger partial charge in [-0.3, -0.25) is 14.8 Å². The Morgan fingerprint density at radius 2 is 2.25 bits per heavy atom. The van der Waals surface area contributed by atoms with Gasteiger partial charge in [0, 0.05) is 55.2 Å². The maximum absolute atomic E-state index is 11.2. The van der Waals surface area contributed by atoms with Crippen LogP contribution in [0.1, 0.15) is 5.69 Å². The number of methoxy groups -OCH3 is 1. The van der Waals surface area contributed by atoms with Crippen LogP contribution < -0.4 is 10.1 Å². The molecule has 0 unspecified atom stereocenters. The summed E-state index contributed by atoms with van der Waals surface area (Å²) in [6, 6.07) is 3.22. The molecule has 0 amide bonds. The molecule has 3 rings (SSSR count). The zero-order valence-electron chi connectivity index (χ0n) is 11.2. The Balaban J connectivity index is 2.26. The van der Waals surface area contributed by atoms with Gasteiger partial charge >= 0.3 is 5.69 Å². The Hall–Kier alpha value is -2.57. The first-order valence-electron chi connectivity index (χ1n) is 6.23. The van der Waals surface area contributed by atoms with E-state index in [1.807, 2.05) is 13.2 Å². The van der Waals surface area contributed by atoms with Crippen LogP contribution in [0.3, 0.4) is 0 Å². The molecule has 0 saturated carbocycles. The lowest BCUT2D eigenvalue weighted by Crippen LogP contribution is -2.04. The summed E-state index contributed by atoms with van der Waals surface area (Å²) >= 11 is 0. The molecular weight excluding hydrogens is 260 g/mol. The number of hydrogen-bond donors (Lipinski definition) is 1. The second-order valence-electron chi connectivity index (χ2n) is 4.67. The van der Waals surface area contributed by atoms with Gasteiger partial charge in [-0.1, -0.05) is 0 Å². The number of fused-ring (bicyclic) bond motifs is 3. The van der Waals surface area contributed by atoms with E-state index in [-0.39, 0.29) is 11.4 Å². The number of nitrogens with one attached hydrogen (secondary N) is 1. The molecule has 20 heavy (non-hydrogen) atoms. The minimum atomic E-state index is -0.431. The van der Waals surface area contributed by atoms with Gasteiger partial charge in [0.05, 0.1) is 17.7 Å². The van der Waals surface area contributed by atoms with Crippen molar-refractivity contribution in [1.82, 2.24) is 9.78 Å². The molecule has 7 nitrogen and oxygen atoms in total. The molecule has 0 spiro atoms. The normalized spacial score (nSPS) is 12.9. The van der Waals surface area contributed by atoms with E-state index in [1.54, 1.807) is 16.8 Å². The second kappa shape index (κ2) is 4.52. The van der Waals surface area contributed by atoms with Crippen LogP contribution in [-0.2, 0) is 13.5 Å². The maximum atomic E-state index is 11.2. The van der Waals surface area contributed by atoms with Crippen LogP contribution in [0.25, 0.3) is 11.1 Å². The predicted molar refractivity (Wildman–Crippen MR) is 74.0 cm³/mol. The molecule has 2 aromatic rings. The quantitative estimate of drug-likeness (QED) is 0.668. The molecule has 7 heteroatoms. The third kappa shape index (κ3) is 1.87. The first-order valence-corrected chi connectivity index (χ1v) is 6.23. The highest BCUT2D eigenvalue weighted by Crippen LogP contribution is 2.40. The molecule has 0 saturated heterocycles. The van der Waals surface area contributed by atoms with E-state index in [2.05, 4.69) is 10.4 Å². The number of aromatic nitrogens is 2. The number of rotatable bonds is 2. The average Bonchev–Trinajstić information content (AvgIpc) is 2.70. The Morgan fingerprint density at radius 1 is 1.45 bits per heavy atom. The summed E-state index contributed by atoms with van der Waals surface area (Å²) in [5.74, 6) is 0.258. The minimum Gasteiger partial charge on any atom is -0.490 e. The predicted octanol–water partition coefficient (Wildman–Crippen LogP) is 1.97. The third-order valence-electron chi connectivity index (χ3n) is 3.39. The lowest BCUT2D eigenvalue weighted by Gasteiger charge is -2.10. The van der Waals surface area contributed by atoms with E-state index in [0.29, 0.717) is 0 Å². The Morgan fingerprint density at radius 3 is 2.95 bits per heavy atom. The van der Waals surface area contributed by atoms with Crippen molar-refractivity contribution in [2.45, 2.75) is 6.42 Å². The van der Waals surface area contributed by atoms with Crippen molar-refractivity contribution in [2.24, 2.45) is 7.05 Å². The molecule has 0 aliphatic carbocycles. The smallest absolute Gasteiger partial charge is 0.311 e. The van der Waals surface area contributed by atoms with E-state index in [4.69, 9.17) is 4.74 Å². The fourth-order valence-electron chi connectivity index (χ4n) is 2.50. The number of nitrogens with zero attached hydrogens (tertiary/aromatic N) is 3. The highest BCUT2D eigenvalue weighted by Gasteiger charge is 2.24. The number of aryl methyl sites for hydroxylation is 1. The molecule has 1 aromatic carbocycles. The highest BCUT2D eigenvalue weighted by molar-refractivity contribution is 5.84. The SMILES string of the molecule is COc1cc2c(cc1[N+](=O)[O-])-c1cn(C)nc1CCN2. The van der Waals surface area contributed by atoms with E-state index in [9.17, 15) is 10.1 Å². The van der Waals surface area contributed by atoms with Crippen molar-refractivity contribution in [3.63, 3.8) is 0 Å². The minimum absolute atomic E-state index is 0.0373. The first-order chi connectivity index (χ1) is 9.60. The molecule has 0 radical (unpaired) electrons. The van der Waals surface area contributed by atoms with Gasteiger partial charge in [-0.2, -0.15) is 5.10 Å². The average molecular weight is 274 g/mol. The monoisotopic (exact) mass is 274 g/mol. The number of hydrogen-bond acceptors (Lipinski definition) is 5. The van der Waals surface area contributed by atoms with Crippen molar-refractivity contribution >= 4 is 11.4 Å². The lowest BCUT2D eigenvalue weighted by atomic mass is 10.0. The molecule has 104 valence electrons. The summed E-state index contributed by atoms with van der Waals surface area (Å²) in [7, 11) is 3.28. The molecular formula is C13H14N4O3. The van der Waals surface area contributed by atoms with Gasteiger partial charge in [0.2, 0.25) is 0 Å². The summed E-state index contributed by atoms with van der Waals surface area (Å²) in [6.45, 7) is 0.734. The van der Waals surface area contributed by atoms with Crippen LogP contribution >= 0.6 is 0 Å². The Bertz CT molecular complexity index is 693. The van der Waals surface area contributed by atoms with Gasteiger partial charge in [0.15, 0.2) is 5.75 Å². The summed E-state index contributed by atoms with van der Waals surface area (Å²) in [5, 5.41) is 18.8. The molecule has 1 aromatic heterocycles. The summed E-state index contributed by atoms with van der Waals surface area (Å²) in [5.41, 5.74) is 3.46. The highest BCUT2D eigenvalue weighted by atomic mass is 16.6. The Labute approximate surface area is 115 Å². The third-order valence-corrected chi connectivity index (χ3v) is 3.39. The maximum Gasteiger partial charge on any atom is 0.311 e. The topological polar surface area (TPSA) is 82.2 Å². The van der Waals surface area contributed by atoms with Crippen LogP contribution in [-0.4, -0.2) is 28.4 Å². The van der Waals surface area contributed by atoms with Gasteiger partial charge in [-0.05, 0) is 0 Å². The summed E-state index contributed by atoms with van der Waals surface area (Å²) in [6.07, 6.45) is 2.67. The molecule has 0 fully saturated rings. The van der Waals surface area contributed by atoms with E-state index >= 15 is 0 Å². The molecule has 1 N–H and O–H groups in total. The van der Waals surface area contributed by atoms with E-state index in [0.717, 1.165) is 35.5 Å². The Kier molecular flexibility index (Phi) is 2.81. The van der Waals surface area contributed by atoms with Gasteiger partial charge in [0.1, 0.15) is 0 Å². The molecule has 1 aliphatic heterocycles. The van der Waals surface area contributed by atoms with Crippen LogP contribution in [0.15, 0.2) is 18.3 Å². The van der Waals surface area contributed by atoms with Crippen molar-refractivity contribution in [2.75, 3.05) is 19.0 Å². The van der Waals surface area contributed by atoms with Gasteiger partial charge in [-0.25, -0.2) is 0 Å². The molecule has 2 heterocycles. The fraction of sp³-hybridized carbons (Fsp3) is 0.308. The van der Waals surface area contributed by atoms with Crippen LogP contribution in [0, 0.1) is 10.1 Å². The summed E-state index contributed by atoms with van der Waals surface area (Å²) in [4.78, 5) is 10.7. The van der Waals surface area contributed by atoms with Gasteiger partial charge in [-0.15, -0.1) is 0 Å². The zero-order chi connectivity index (χ0) is 14.3. The van der Waals surface area contributed by atoms with Crippen LogP contribution in [0.5, 0.6) is 5.75 Å². The van der Waals surface area contributed by atoms with Crippen molar-refractivity contribution < 1.29 is 9.66 Å². The van der Waals surface area contributed by atoms with E-state index in [1.165, 1.54) is 7.11 Å². The van der Waals surface area contributed by atoms with Gasteiger partial charge < -0.3 is 10.1 Å². The zero-order valence-corrected chi connectivity index (χ0v) is 11.2. The first kappa shape index (κ1) is 12.5. The van der Waals surface area contributed by atoms with E-state index < -0.39 is 4.92 Å². The van der Waals surface area contributed by atoms with Crippen molar-refractivity contribution in [1.29, 1.82) is 0 Å². The number of nitro groups is 1. The van der Waals surface area contributed by atoms with Crippen LogP contribution in [0.4, 0.5) is 11.4 Å². The van der Waals surface area contributed by atoms with Crippen LogP contribution in [0.2, 0.25) is 0 Å². The standard InChI is InChI=1S/C13H14N4O3/c1-16-7-9-8-5-12(17(18)19)13(20-2)6-11(8)14-4-3-10(9)15-16/h5-7,14H,3-4H2,1-2H3. The fourth-order valence-corrected chi connectivity index (χ4v) is 2.50. The second-order valence-corrected chi connectivity index (χ2v) is 4.67. The number of nitro benzene ring substituents is 1. The summed E-state index contributed by atoms with van der Waals surface area (Å²) < 4.78 is 6.84. The number of benzene rings is 1. The molecule has 0 bridgehead atoms. The lowest BCUT2D eigenvalue weighted by molar-refractivity contribution is -0.385. The van der Waals surface area contributed by atoms with Crippen molar-refractivity contribution in [3.8, 4) is 16.9 Å². The number of ether oxygens (including phenoxy) is 1. The number of anilines is 1. The van der Waals surface area contributed by atoms with Crippen molar-refractivity contribution in [3.05, 3.63) is 34.1 Å².